The number of nitrogens with one attached hydrogen (secondary N) is 1. The minimum Gasteiger partial charge on any atom is -0.383 e. The molecule has 0 spiro atoms. The summed E-state index contributed by atoms with van der Waals surface area (Å²) in [7, 11) is -3.71. The van der Waals surface area contributed by atoms with Crippen molar-refractivity contribution in [3.8, 4) is 10.4 Å². The SMILES string of the molecule is CSc1sc(C(=N)N)cc1S(=O)(=O)c1cccc(-c2ccc(Cl)s2)c1. The Morgan fingerprint density at radius 3 is 2.56 bits per heavy atom. The second-order valence-electron chi connectivity index (χ2n) is 5.02. The molecule has 0 aliphatic carbocycles. The lowest BCUT2D eigenvalue weighted by Gasteiger charge is -2.06. The zero-order chi connectivity index (χ0) is 18.2. The minimum absolute atomic E-state index is 0.135. The quantitative estimate of drug-likeness (QED) is 0.341. The van der Waals surface area contributed by atoms with Gasteiger partial charge in [-0.3, -0.25) is 5.41 Å². The zero-order valence-electron chi connectivity index (χ0n) is 12.9. The van der Waals surface area contributed by atoms with Crippen LogP contribution in [-0.4, -0.2) is 20.5 Å². The lowest BCUT2D eigenvalue weighted by molar-refractivity contribution is 0.595. The molecule has 9 heteroatoms. The topological polar surface area (TPSA) is 84.0 Å². The Balaban J connectivity index is 2.11. The molecule has 3 rings (SSSR count). The number of nitrogens with two attached hydrogens (primary N) is 1. The van der Waals surface area contributed by atoms with Crippen molar-refractivity contribution in [2.24, 2.45) is 5.73 Å². The summed E-state index contributed by atoms with van der Waals surface area (Å²) in [6.07, 6.45) is 1.80. The molecule has 2 heterocycles. The van der Waals surface area contributed by atoms with Crippen LogP contribution in [0.1, 0.15) is 4.88 Å². The lowest BCUT2D eigenvalue weighted by Crippen LogP contribution is -2.08. The van der Waals surface area contributed by atoms with Gasteiger partial charge in [0.25, 0.3) is 0 Å². The minimum atomic E-state index is -3.71. The number of thioether (sulfide) groups is 1. The van der Waals surface area contributed by atoms with Crippen LogP contribution in [0.3, 0.4) is 0 Å². The highest BCUT2D eigenvalue weighted by Gasteiger charge is 2.25. The first kappa shape index (κ1) is 18.5. The van der Waals surface area contributed by atoms with Crippen LogP contribution in [0, 0.1) is 5.41 Å². The number of halogens is 1. The standard InChI is InChI=1S/C16H13ClN2O2S4/c1-22-16-13(8-12(24-16)15(18)19)25(20,21)10-4-2-3-9(7-10)11-5-6-14(17)23-11/h2-8H,1H3,(H3,18,19). The number of amidine groups is 1. The molecule has 0 bridgehead atoms. The van der Waals surface area contributed by atoms with E-state index >= 15 is 0 Å². The fourth-order valence-electron chi connectivity index (χ4n) is 2.23. The van der Waals surface area contributed by atoms with Crippen LogP contribution in [-0.2, 0) is 9.84 Å². The van der Waals surface area contributed by atoms with E-state index in [1.807, 2.05) is 12.1 Å². The molecule has 0 saturated carbocycles. The first-order chi connectivity index (χ1) is 11.8. The van der Waals surface area contributed by atoms with E-state index in [-0.39, 0.29) is 15.6 Å². The van der Waals surface area contributed by atoms with Gasteiger partial charge in [-0.2, -0.15) is 0 Å². The van der Waals surface area contributed by atoms with Gasteiger partial charge in [-0.05, 0) is 42.2 Å². The van der Waals surface area contributed by atoms with Gasteiger partial charge in [-0.25, -0.2) is 8.42 Å². The van der Waals surface area contributed by atoms with E-state index in [9.17, 15) is 8.42 Å². The van der Waals surface area contributed by atoms with Crippen LogP contribution in [0.15, 0.2) is 56.5 Å². The molecule has 3 aromatic rings. The third kappa shape index (κ3) is 3.63. The maximum atomic E-state index is 13.1. The molecule has 0 aliphatic rings. The van der Waals surface area contributed by atoms with Gasteiger partial charge in [0.2, 0.25) is 9.84 Å². The van der Waals surface area contributed by atoms with Gasteiger partial charge in [0.05, 0.1) is 23.2 Å². The summed E-state index contributed by atoms with van der Waals surface area (Å²) in [6.45, 7) is 0. The van der Waals surface area contributed by atoms with Gasteiger partial charge >= 0.3 is 0 Å². The molecule has 0 fully saturated rings. The van der Waals surface area contributed by atoms with Crippen molar-refractivity contribution in [3.05, 3.63) is 51.7 Å². The summed E-state index contributed by atoms with van der Waals surface area (Å²) in [5.41, 5.74) is 6.31. The van der Waals surface area contributed by atoms with Gasteiger partial charge in [-0.1, -0.05) is 23.7 Å². The van der Waals surface area contributed by atoms with Crippen molar-refractivity contribution in [2.75, 3.05) is 6.26 Å². The molecule has 1 aromatic carbocycles. The summed E-state index contributed by atoms with van der Waals surface area (Å²) >= 11 is 9.91. The van der Waals surface area contributed by atoms with E-state index < -0.39 is 9.84 Å². The lowest BCUT2D eigenvalue weighted by atomic mass is 10.2. The van der Waals surface area contributed by atoms with Crippen molar-refractivity contribution in [1.82, 2.24) is 0 Å². The molecule has 0 unspecified atom stereocenters. The predicted molar refractivity (Wildman–Crippen MR) is 107 cm³/mol. The van der Waals surface area contributed by atoms with Crippen molar-refractivity contribution in [1.29, 1.82) is 5.41 Å². The Morgan fingerprint density at radius 1 is 1.20 bits per heavy atom. The van der Waals surface area contributed by atoms with Crippen LogP contribution in [0.5, 0.6) is 0 Å². The number of nitrogen functional groups attached to an aromatic ring is 1. The molecule has 2 aromatic heterocycles. The van der Waals surface area contributed by atoms with Crippen LogP contribution < -0.4 is 5.73 Å². The van der Waals surface area contributed by atoms with E-state index in [2.05, 4.69) is 0 Å². The third-order valence-electron chi connectivity index (χ3n) is 3.41. The Hall–Kier alpha value is -1.32. The molecule has 0 radical (unpaired) electrons. The molecule has 0 atom stereocenters. The second-order valence-corrected chi connectivity index (χ2v) is 10.8. The maximum Gasteiger partial charge on any atom is 0.208 e. The van der Waals surface area contributed by atoms with Gasteiger partial charge in [0.15, 0.2) is 0 Å². The monoisotopic (exact) mass is 428 g/mol. The molecular weight excluding hydrogens is 416 g/mol. The second kappa shape index (κ2) is 7.13. The van der Waals surface area contributed by atoms with Gasteiger partial charge in [0, 0.05) is 4.88 Å². The molecular formula is C16H13ClN2O2S4. The summed E-state index contributed by atoms with van der Waals surface area (Å²) in [5, 5.41) is 7.55. The molecule has 25 heavy (non-hydrogen) atoms. The van der Waals surface area contributed by atoms with E-state index in [4.69, 9.17) is 22.7 Å². The van der Waals surface area contributed by atoms with E-state index in [0.29, 0.717) is 13.4 Å². The zero-order valence-corrected chi connectivity index (χ0v) is 17.0. The first-order valence-corrected chi connectivity index (χ1v) is 11.7. The Kier molecular flexibility index (Phi) is 5.26. The van der Waals surface area contributed by atoms with Crippen molar-refractivity contribution in [3.63, 3.8) is 0 Å². The summed E-state index contributed by atoms with van der Waals surface area (Å²) in [6, 6.07) is 11.9. The van der Waals surface area contributed by atoms with E-state index in [1.165, 1.54) is 40.5 Å². The van der Waals surface area contributed by atoms with Crippen molar-refractivity contribution in [2.45, 2.75) is 14.0 Å². The molecule has 3 N–H and O–H groups in total. The van der Waals surface area contributed by atoms with E-state index in [1.54, 1.807) is 30.5 Å². The number of benzene rings is 1. The van der Waals surface area contributed by atoms with Crippen molar-refractivity contribution >= 4 is 61.7 Å². The number of hydrogen-bond acceptors (Lipinski definition) is 6. The summed E-state index contributed by atoms with van der Waals surface area (Å²) in [4.78, 5) is 1.75. The smallest absolute Gasteiger partial charge is 0.208 e. The summed E-state index contributed by atoms with van der Waals surface area (Å²) < 4.78 is 27.5. The number of rotatable bonds is 5. The van der Waals surface area contributed by atoms with Crippen LogP contribution >= 0.6 is 46.0 Å². The molecule has 130 valence electrons. The highest BCUT2D eigenvalue weighted by molar-refractivity contribution is 8.01. The van der Waals surface area contributed by atoms with Gasteiger partial charge in [0.1, 0.15) is 5.84 Å². The fraction of sp³-hybridized carbons (Fsp3) is 0.0625. The Morgan fingerprint density at radius 2 is 1.96 bits per heavy atom. The fourth-order valence-corrected chi connectivity index (χ4v) is 7.18. The van der Waals surface area contributed by atoms with E-state index in [0.717, 1.165) is 10.4 Å². The largest absolute Gasteiger partial charge is 0.383 e. The summed E-state index contributed by atoms with van der Waals surface area (Å²) in [5.74, 6) is -0.135. The van der Waals surface area contributed by atoms with Crippen molar-refractivity contribution < 1.29 is 8.42 Å². The highest BCUT2D eigenvalue weighted by atomic mass is 35.5. The molecule has 4 nitrogen and oxygen atoms in total. The third-order valence-corrected chi connectivity index (χ3v) is 9.03. The number of thiophene rings is 2. The van der Waals surface area contributed by atoms with Crippen LogP contribution in [0.2, 0.25) is 4.34 Å². The van der Waals surface area contributed by atoms with Gasteiger partial charge in [-0.15, -0.1) is 34.4 Å². The average Bonchev–Trinajstić information content (AvgIpc) is 3.21. The first-order valence-electron chi connectivity index (χ1n) is 6.96. The average molecular weight is 429 g/mol. The normalized spacial score (nSPS) is 11.6. The van der Waals surface area contributed by atoms with Crippen LogP contribution in [0.4, 0.5) is 0 Å². The van der Waals surface area contributed by atoms with Crippen LogP contribution in [0.25, 0.3) is 10.4 Å². The Labute approximate surface area is 163 Å². The molecule has 0 aliphatic heterocycles. The van der Waals surface area contributed by atoms with Gasteiger partial charge < -0.3 is 5.73 Å². The predicted octanol–water partition coefficient (Wildman–Crippen LogP) is 4.97. The number of hydrogen-bond donors (Lipinski definition) is 2. The maximum absolute atomic E-state index is 13.1. The highest BCUT2D eigenvalue weighted by Crippen LogP contribution is 2.38. The Bertz CT molecular complexity index is 1050. The molecule has 0 saturated heterocycles. The molecule has 0 amide bonds. The number of sulfone groups is 1.